The molecule has 0 fully saturated rings. The van der Waals surface area contributed by atoms with E-state index in [0.717, 1.165) is 29.5 Å². The predicted molar refractivity (Wildman–Crippen MR) is 90.4 cm³/mol. The summed E-state index contributed by atoms with van der Waals surface area (Å²) in [6.07, 6.45) is 1.95. The third kappa shape index (κ3) is 3.24. The average molecular weight is 283 g/mol. The summed E-state index contributed by atoms with van der Waals surface area (Å²) in [5, 5.41) is 9.44. The predicted octanol–water partition coefficient (Wildman–Crippen LogP) is 5.01. The van der Waals surface area contributed by atoms with Crippen LogP contribution in [0.15, 0.2) is 78.9 Å². The van der Waals surface area contributed by atoms with Gasteiger partial charge in [-0.15, -0.1) is 0 Å². The molecule has 0 spiro atoms. The highest BCUT2D eigenvalue weighted by molar-refractivity contribution is 5.70. The summed E-state index contributed by atoms with van der Waals surface area (Å²) in [4.78, 5) is 0. The maximum atomic E-state index is 9.44. The molecule has 0 unspecified atom stereocenters. The van der Waals surface area contributed by atoms with Crippen molar-refractivity contribution in [1.29, 1.82) is 5.26 Å². The van der Waals surface area contributed by atoms with Crippen molar-refractivity contribution in [2.75, 3.05) is 0 Å². The van der Waals surface area contributed by atoms with Crippen LogP contribution < -0.4 is 0 Å². The van der Waals surface area contributed by atoms with Gasteiger partial charge in [0.15, 0.2) is 0 Å². The topological polar surface area (TPSA) is 23.8 Å². The fourth-order valence-electron chi connectivity index (χ4n) is 2.64. The molecule has 0 aliphatic heterocycles. The van der Waals surface area contributed by atoms with Crippen molar-refractivity contribution in [1.82, 2.24) is 0 Å². The molecule has 0 N–H and O–H groups in total. The average Bonchev–Trinajstić information content (AvgIpc) is 2.61. The van der Waals surface area contributed by atoms with E-state index >= 15 is 0 Å². The molecule has 0 saturated carbocycles. The summed E-state index contributed by atoms with van der Waals surface area (Å²) in [5.74, 6) is 0. The largest absolute Gasteiger partial charge is 0.192 e. The van der Waals surface area contributed by atoms with Gasteiger partial charge in [-0.2, -0.15) is 5.26 Å². The molecule has 0 heterocycles. The van der Waals surface area contributed by atoms with Crippen LogP contribution in [0.3, 0.4) is 0 Å². The molecule has 3 rings (SSSR count). The van der Waals surface area contributed by atoms with Crippen molar-refractivity contribution in [3.8, 4) is 17.2 Å². The Bertz CT molecular complexity index is 783. The molecule has 3 aromatic carbocycles. The van der Waals surface area contributed by atoms with Crippen molar-refractivity contribution >= 4 is 0 Å². The molecule has 0 aliphatic rings. The Labute approximate surface area is 131 Å². The zero-order chi connectivity index (χ0) is 15.2. The van der Waals surface area contributed by atoms with E-state index in [1.165, 1.54) is 11.1 Å². The lowest BCUT2D eigenvalue weighted by Crippen LogP contribution is -1.93. The van der Waals surface area contributed by atoms with E-state index in [1.807, 2.05) is 42.5 Å². The highest BCUT2D eigenvalue weighted by Crippen LogP contribution is 2.24. The number of nitriles is 1. The number of hydrogen-bond donors (Lipinski definition) is 0. The van der Waals surface area contributed by atoms with Crippen LogP contribution in [-0.2, 0) is 12.8 Å². The van der Waals surface area contributed by atoms with Gasteiger partial charge in [-0.3, -0.25) is 0 Å². The zero-order valence-corrected chi connectivity index (χ0v) is 12.4. The number of aryl methyl sites for hydroxylation is 2. The maximum absolute atomic E-state index is 9.44. The minimum atomic E-state index is 0.747. The molecule has 1 nitrogen and oxygen atoms in total. The highest BCUT2D eigenvalue weighted by Gasteiger charge is 2.06. The molecular weight excluding hydrogens is 266 g/mol. The van der Waals surface area contributed by atoms with Crippen LogP contribution in [0, 0.1) is 11.3 Å². The monoisotopic (exact) mass is 283 g/mol. The van der Waals surface area contributed by atoms with Crippen LogP contribution >= 0.6 is 0 Å². The number of rotatable bonds is 4. The molecule has 0 radical (unpaired) electrons. The summed E-state index contributed by atoms with van der Waals surface area (Å²) in [5.41, 5.74) is 5.38. The van der Waals surface area contributed by atoms with Crippen LogP contribution in [0.4, 0.5) is 0 Å². The standard InChI is InChI=1S/C21H17N/c22-16-20-15-18(12-11-17-7-3-1-4-8-17)13-14-21(20)19-9-5-2-6-10-19/h1-10,13-15H,11-12H2. The number of nitrogens with zero attached hydrogens (tertiary/aromatic N) is 1. The smallest absolute Gasteiger partial charge is 0.0998 e. The summed E-state index contributed by atoms with van der Waals surface area (Å²) in [6.45, 7) is 0. The Kier molecular flexibility index (Phi) is 4.32. The van der Waals surface area contributed by atoms with Crippen molar-refractivity contribution < 1.29 is 0 Å². The first kappa shape index (κ1) is 14.1. The van der Waals surface area contributed by atoms with Gasteiger partial charge < -0.3 is 0 Å². The normalized spacial score (nSPS) is 10.1. The van der Waals surface area contributed by atoms with Crippen molar-refractivity contribution in [3.63, 3.8) is 0 Å². The van der Waals surface area contributed by atoms with E-state index in [0.29, 0.717) is 0 Å². The first-order chi connectivity index (χ1) is 10.9. The SMILES string of the molecule is N#Cc1cc(CCc2ccccc2)ccc1-c1ccccc1. The van der Waals surface area contributed by atoms with Gasteiger partial charge in [0.2, 0.25) is 0 Å². The van der Waals surface area contributed by atoms with E-state index in [9.17, 15) is 5.26 Å². The van der Waals surface area contributed by atoms with Crippen LogP contribution in [-0.4, -0.2) is 0 Å². The molecule has 3 aromatic rings. The number of hydrogen-bond acceptors (Lipinski definition) is 1. The Morgan fingerprint density at radius 2 is 1.32 bits per heavy atom. The van der Waals surface area contributed by atoms with Gasteiger partial charge in [-0.25, -0.2) is 0 Å². The third-order valence-corrected chi connectivity index (χ3v) is 3.83. The molecule has 0 saturated heterocycles. The third-order valence-electron chi connectivity index (χ3n) is 3.83. The second-order valence-corrected chi connectivity index (χ2v) is 5.34. The molecule has 0 aromatic heterocycles. The molecule has 0 aliphatic carbocycles. The lowest BCUT2D eigenvalue weighted by Gasteiger charge is -2.08. The summed E-state index contributed by atoms with van der Waals surface area (Å²) in [7, 11) is 0. The van der Waals surface area contributed by atoms with E-state index in [4.69, 9.17) is 0 Å². The van der Waals surface area contributed by atoms with Crippen LogP contribution in [0.2, 0.25) is 0 Å². The van der Waals surface area contributed by atoms with Gasteiger partial charge in [0.25, 0.3) is 0 Å². The Balaban J connectivity index is 1.82. The summed E-state index contributed by atoms with van der Waals surface area (Å²) in [6, 6.07) is 29.1. The van der Waals surface area contributed by atoms with Crippen LogP contribution in [0.1, 0.15) is 16.7 Å². The van der Waals surface area contributed by atoms with Crippen LogP contribution in [0.25, 0.3) is 11.1 Å². The lowest BCUT2D eigenvalue weighted by molar-refractivity contribution is 0.960. The van der Waals surface area contributed by atoms with Gasteiger partial charge >= 0.3 is 0 Å². The van der Waals surface area contributed by atoms with Gasteiger partial charge in [-0.1, -0.05) is 72.8 Å². The molecule has 0 bridgehead atoms. The fraction of sp³-hybridized carbons (Fsp3) is 0.0952. The minimum Gasteiger partial charge on any atom is -0.192 e. The lowest BCUT2D eigenvalue weighted by atomic mass is 9.96. The second kappa shape index (κ2) is 6.74. The molecule has 22 heavy (non-hydrogen) atoms. The first-order valence-corrected chi connectivity index (χ1v) is 7.49. The Morgan fingerprint density at radius 1 is 0.682 bits per heavy atom. The van der Waals surface area contributed by atoms with E-state index in [2.05, 4.69) is 42.5 Å². The van der Waals surface area contributed by atoms with E-state index < -0.39 is 0 Å². The van der Waals surface area contributed by atoms with Crippen molar-refractivity contribution in [2.45, 2.75) is 12.8 Å². The Hall–Kier alpha value is -2.85. The molecule has 0 amide bonds. The van der Waals surface area contributed by atoms with Gasteiger partial charge in [0.1, 0.15) is 0 Å². The molecular formula is C21H17N. The Morgan fingerprint density at radius 3 is 2.00 bits per heavy atom. The second-order valence-electron chi connectivity index (χ2n) is 5.34. The number of benzene rings is 3. The molecule has 106 valence electrons. The highest BCUT2D eigenvalue weighted by atomic mass is 14.2. The summed E-state index contributed by atoms with van der Waals surface area (Å²) < 4.78 is 0. The van der Waals surface area contributed by atoms with Crippen molar-refractivity contribution in [2.24, 2.45) is 0 Å². The van der Waals surface area contributed by atoms with Crippen molar-refractivity contribution in [3.05, 3.63) is 95.6 Å². The molecule has 1 heteroatoms. The van der Waals surface area contributed by atoms with E-state index in [-0.39, 0.29) is 0 Å². The summed E-state index contributed by atoms with van der Waals surface area (Å²) >= 11 is 0. The maximum Gasteiger partial charge on any atom is 0.0998 e. The zero-order valence-electron chi connectivity index (χ0n) is 12.4. The molecule has 0 atom stereocenters. The fourth-order valence-corrected chi connectivity index (χ4v) is 2.64. The van der Waals surface area contributed by atoms with E-state index in [1.54, 1.807) is 0 Å². The van der Waals surface area contributed by atoms with Gasteiger partial charge in [0.05, 0.1) is 11.6 Å². The first-order valence-electron chi connectivity index (χ1n) is 7.49. The van der Waals surface area contributed by atoms with Crippen LogP contribution in [0.5, 0.6) is 0 Å². The van der Waals surface area contributed by atoms with Gasteiger partial charge in [-0.05, 0) is 41.2 Å². The quantitative estimate of drug-likeness (QED) is 0.660. The minimum absolute atomic E-state index is 0.747. The van der Waals surface area contributed by atoms with Gasteiger partial charge in [0, 0.05) is 0 Å².